The molecule has 0 bridgehead atoms. The lowest BCUT2D eigenvalue weighted by molar-refractivity contribution is 0.262. The Morgan fingerprint density at radius 3 is 2.38 bits per heavy atom. The Hall–Kier alpha value is -4.00. The molecule has 0 saturated heterocycles. The highest BCUT2D eigenvalue weighted by Gasteiger charge is 2.15. The molecule has 0 spiro atoms. The highest BCUT2D eigenvalue weighted by atomic mass is 16.5. The molecule has 162 valence electrons. The Morgan fingerprint density at radius 2 is 1.66 bits per heavy atom. The van der Waals surface area contributed by atoms with Crippen LogP contribution in [0.15, 0.2) is 77.6 Å². The maximum Gasteiger partial charge on any atom is 0.323 e. The number of benzene rings is 2. The van der Waals surface area contributed by atoms with E-state index in [1.54, 1.807) is 12.4 Å². The van der Waals surface area contributed by atoms with Crippen molar-refractivity contribution in [1.82, 2.24) is 15.1 Å². The lowest BCUT2D eigenvalue weighted by Gasteiger charge is -2.19. The van der Waals surface area contributed by atoms with Crippen LogP contribution >= 0.6 is 0 Å². The van der Waals surface area contributed by atoms with Crippen molar-refractivity contribution >= 4 is 17.4 Å². The lowest BCUT2D eigenvalue weighted by atomic mass is 9.87. The average Bonchev–Trinajstić information content (AvgIpc) is 3.24. The molecule has 4 aromatic rings. The fourth-order valence-corrected chi connectivity index (χ4v) is 3.24. The van der Waals surface area contributed by atoms with Gasteiger partial charge in [-0.25, -0.2) is 4.79 Å². The van der Waals surface area contributed by atoms with Crippen LogP contribution in [0.4, 0.5) is 16.2 Å². The summed E-state index contributed by atoms with van der Waals surface area (Å²) in [7, 11) is 0. The van der Waals surface area contributed by atoms with Crippen molar-refractivity contribution in [2.75, 3.05) is 10.6 Å². The Bertz CT molecular complexity index is 1190. The van der Waals surface area contributed by atoms with E-state index in [1.165, 1.54) is 5.56 Å². The van der Waals surface area contributed by atoms with Gasteiger partial charge in [-0.15, -0.1) is 0 Å². The summed E-state index contributed by atoms with van der Waals surface area (Å²) in [6.45, 7) is 6.47. The standard InChI is InChI=1S/C25H25N5O2/c1-25(2,3)19-8-10-20(11-9-19)27-24(31)28-21-7-5-4-6-18(21)16-22-29-23(30-32-22)17-12-14-26-15-13-17/h4-15H,16H2,1-3H3,(H2,27,28,31). The molecule has 0 aliphatic heterocycles. The first-order valence-electron chi connectivity index (χ1n) is 10.4. The summed E-state index contributed by atoms with van der Waals surface area (Å²) >= 11 is 0. The first-order chi connectivity index (χ1) is 15.4. The highest BCUT2D eigenvalue weighted by molar-refractivity contribution is 6.00. The van der Waals surface area contributed by atoms with E-state index in [1.807, 2.05) is 60.7 Å². The molecule has 2 aromatic heterocycles. The van der Waals surface area contributed by atoms with Crippen LogP contribution in [0.1, 0.15) is 37.8 Å². The molecule has 0 radical (unpaired) electrons. The molecule has 0 fully saturated rings. The van der Waals surface area contributed by atoms with Crippen LogP contribution in [-0.2, 0) is 11.8 Å². The van der Waals surface area contributed by atoms with E-state index < -0.39 is 0 Å². The van der Waals surface area contributed by atoms with Crippen molar-refractivity contribution in [2.24, 2.45) is 0 Å². The van der Waals surface area contributed by atoms with Gasteiger partial charge in [-0.1, -0.05) is 56.3 Å². The van der Waals surface area contributed by atoms with Crippen LogP contribution in [0.3, 0.4) is 0 Å². The zero-order valence-corrected chi connectivity index (χ0v) is 18.3. The predicted octanol–water partition coefficient (Wildman–Crippen LogP) is 5.66. The van der Waals surface area contributed by atoms with Gasteiger partial charge in [0.2, 0.25) is 11.7 Å². The number of nitrogens with zero attached hydrogens (tertiary/aromatic N) is 3. The number of amides is 2. The van der Waals surface area contributed by atoms with Gasteiger partial charge in [0.15, 0.2) is 0 Å². The number of pyridine rings is 1. The van der Waals surface area contributed by atoms with Crippen molar-refractivity contribution in [1.29, 1.82) is 0 Å². The summed E-state index contributed by atoms with van der Waals surface area (Å²) < 4.78 is 5.41. The number of aromatic nitrogens is 3. The third-order valence-electron chi connectivity index (χ3n) is 5.02. The number of rotatable bonds is 5. The third kappa shape index (κ3) is 5.18. The van der Waals surface area contributed by atoms with Gasteiger partial charge in [0.1, 0.15) is 0 Å². The molecular formula is C25H25N5O2. The predicted molar refractivity (Wildman–Crippen MR) is 125 cm³/mol. The number of carbonyl (C=O) groups excluding carboxylic acids is 1. The minimum atomic E-state index is -0.316. The molecule has 2 heterocycles. The fourth-order valence-electron chi connectivity index (χ4n) is 3.24. The summed E-state index contributed by atoms with van der Waals surface area (Å²) in [6.07, 6.45) is 3.76. The van der Waals surface area contributed by atoms with E-state index in [0.717, 1.165) is 16.8 Å². The molecule has 4 rings (SSSR count). The van der Waals surface area contributed by atoms with Gasteiger partial charge >= 0.3 is 6.03 Å². The molecule has 2 N–H and O–H groups in total. The van der Waals surface area contributed by atoms with Gasteiger partial charge < -0.3 is 15.2 Å². The van der Waals surface area contributed by atoms with Crippen molar-refractivity contribution in [2.45, 2.75) is 32.6 Å². The summed E-state index contributed by atoms with van der Waals surface area (Å²) in [5, 5.41) is 9.83. The number of urea groups is 1. The quantitative estimate of drug-likeness (QED) is 0.428. The van der Waals surface area contributed by atoms with E-state index >= 15 is 0 Å². The second-order valence-corrected chi connectivity index (χ2v) is 8.49. The van der Waals surface area contributed by atoms with Crippen LogP contribution in [0.2, 0.25) is 0 Å². The highest BCUT2D eigenvalue weighted by Crippen LogP contribution is 2.24. The van der Waals surface area contributed by atoms with Crippen molar-refractivity contribution in [3.8, 4) is 11.4 Å². The maximum absolute atomic E-state index is 12.6. The molecule has 0 aliphatic rings. The molecule has 0 saturated carbocycles. The number of nitrogens with one attached hydrogen (secondary N) is 2. The zero-order valence-electron chi connectivity index (χ0n) is 18.3. The van der Waals surface area contributed by atoms with Crippen LogP contribution in [0.25, 0.3) is 11.4 Å². The molecule has 32 heavy (non-hydrogen) atoms. The van der Waals surface area contributed by atoms with Gasteiger partial charge in [-0.3, -0.25) is 4.98 Å². The Morgan fingerprint density at radius 1 is 0.938 bits per heavy atom. The zero-order chi connectivity index (χ0) is 22.6. The molecular weight excluding hydrogens is 402 g/mol. The molecule has 2 amide bonds. The summed E-state index contributed by atoms with van der Waals surface area (Å²) in [5.41, 5.74) is 4.38. The van der Waals surface area contributed by atoms with E-state index in [0.29, 0.717) is 23.8 Å². The van der Waals surface area contributed by atoms with Crippen LogP contribution < -0.4 is 10.6 Å². The minimum Gasteiger partial charge on any atom is -0.339 e. The molecule has 0 aliphatic carbocycles. The molecule has 0 atom stereocenters. The largest absolute Gasteiger partial charge is 0.339 e. The number of para-hydroxylation sites is 1. The Balaban J connectivity index is 1.43. The summed E-state index contributed by atoms with van der Waals surface area (Å²) in [4.78, 5) is 21.0. The molecule has 7 heteroatoms. The SMILES string of the molecule is CC(C)(C)c1ccc(NC(=O)Nc2ccccc2Cc2nc(-c3ccncc3)no2)cc1. The fraction of sp³-hybridized carbons (Fsp3) is 0.200. The van der Waals surface area contributed by atoms with E-state index in [9.17, 15) is 4.79 Å². The first-order valence-corrected chi connectivity index (χ1v) is 10.4. The smallest absolute Gasteiger partial charge is 0.323 e. The lowest BCUT2D eigenvalue weighted by Crippen LogP contribution is -2.20. The number of hydrogen-bond donors (Lipinski definition) is 2. The van der Waals surface area contributed by atoms with Crippen molar-refractivity contribution < 1.29 is 9.32 Å². The normalized spacial score (nSPS) is 11.2. The number of hydrogen-bond acceptors (Lipinski definition) is 5. The monoisotopic (exact) mass is 427 g/mol. The van der Waals surface area contributed by atoms with E-state index in [-0.39, 0.29) is 11.4 Å². The van der Waals surface area contributed by atoms with Crippen molar-refractivity contribution in [3.63, 3.8) is 0 Å². The number of carbonyl (C=O) groups is 1. The first kappa shape index (κ1) is 21.2. The van der Waals surface area contributed by atoms with Crippen molar-refractivity contribution in [3.05, 3.63) is 90.1 Å². The Labute approximate surface area is 186 Å². The molecule has 0 unspecified atom stereocenters. The van der Waals surface area contributed by atoms with E-state index in [4.69, 9.17) is 4.52 Å². The van der Waals surface area contributed by atoms with Gasteiger partial charge in [0.25, 0.3) is 0 Å². The molecule has 7 nitrogen and oxygen atoms in total. The van der Waals surface area contributed by atoms with Gasteiger partial charge in [0, 0.05) is 29.3 Å². The maximum atomic E-state index is 12.6. The van der Waals surface area contributed by atoms with E-state index in [2.05, 4.69) is 46.5 Å². The second-order valence-electron chi connectivity index (χ2n) is 8.49. The Kier molecular flexibility index (Phi) is 5.98. The van der Waals surface area contributed by atoms with Gasteiger partial charge in [0.05, 0.1) is 6.42 Å². The summed E-state index contributed by atoms with van der Waals surface area (Å²) in [6, 6.07) is 18.7. The third-order valence-corrected chi connectivity index (χ3v) is 5.02. The molecule has 2 aromatic carbocycles. The summed E-state index contributed by atoms with van der Waals surface area (Å²) in [5.74, 6) is 0.966. The van der Waals surface area contributed by atoms with Crippen LogP contribution in [-0.4, -0.2) is 21.2 Å². The average molecular weight is 428 g/mol. The second kappa shape index (κ2) is 9.01. The van der Waals surface area contributed by atoms with Gasteiger partial charge in [-0.05, 0) is 46.9 Å². The van der Waals surface area contributed by atoms with Crippen LogP contribution in [0.5, 0.6) is 0 Å². The van der Waals surface area contributed by atoms with Gasteiger partial charge in [-0.2, -0.15) is 4.98 Å². The topological polar surface area (TPSA) is 92.9 Å². The minimum absolute atomic E-state index is 0.0612. The number of anilines is 2. The van der Waals surface area contributed by atoms with Crippen LogP contribution in [0, 0.1) is 0 Å².